The number of ether oxygens (including phenoxy) is 1. The summed E-state index contributed by atoms with van der Waals surface area (Å²) in [6.07, 6.45) is 1.79. The predicted octanol–water partition coefficient (Wildman–Crippen LogP) is 4.19. The number of methoxy groups -OCH3 is 1. The van der Waals surface area contributed by atoms with Crippen LogP contribution in [0.2, 0.25) is 5.02 Å². The quantitative estimate of drug-likeness (QED) is 0.753. The maximum absolute atomic E-state index is 13.1. The van der Waals surface area contributed by atoms with Gasteiger partial charge in [-0.15, -0.1) is 11.3 Å². The molecule has 1 aromatic carbocycles. The van der Waals surface area contributed by atoms with Crippen molar-refractivity contribution in [1.82, 2.24) is 0 Å². The van der Waals surface area contributed by atoms with Gasteiger partial charge in [0.05, 0.1) is 19.4 Å². The van der Waals surface area contributed by atoms with Gasteiger partial charge in [-0.1, -0.05) is 23.4 Å². The fourth-order valence-corrected chi connectivity index (χ4v) is 4.20. The molecule has 2 aromatic rings. The van der Waals surface area contributed by atoms with Gasteiger partial charge >= 0.3 is 0 Å². The molecule has 0 atom stereocenters. The van der Waals surface area contributed by atoms with Crippen LogP contribution in [0, 0.1) is 6.92 Å². The molecule has 0 fully saturated rings. The predicted molar refractivity (Wildman–Crippen MR) is 110 cm³/mol. The van der Waals surface area contributed by atoms with Crippen LogP contribution in [0.15, 0.2) is 40.3 Å². The number of hydrogen-bond acceptors (Lipinski definition) is 6. The zero-order valence-corrected chi connectivity index (χ0v) is 16.6. The van der Waals surface area contributed by atoms with Crippen molar-refractivity contribution in [3.05, 3.63) is 50.8 Å². The van der Waals surface area contributed by atoms with Gasteiger partial charge in [0, 0.05) is 15.7 Å². The van der Waals surface area contributed by atoms with E-state index in [2.05, 4.69) is 4.99 Å². The van der Waals surface area contributed by atoms with E-state index in [1.165, 1.54) is 23.8 Å². The molecule has 8 heteroatoms. The van der Waals surface area contributed by atoms with Crippen LogP contribution >= 0.6 is 34.7 Å². The average Bonchev–Trinajstić information content (AvgIpc) is 3.17. The largest absolute Gasteiger partial charge is 0.495 e. The van der Waals surface area contributed by atoms with Crippen LogP contribution in [0.3, 0.4) is 0 Å². The first-order valence-corrected chi connectivity index (χ1v) is 10.1. The summed E-state index contributed by atoms with van der Waals surface area (Å²) in [5, 5.41) is 12.1. The summed E-state index contributed by atoms with van der Waals surface area (Å²) in [7, 11) is 1.54. The number of halogens is 1. The van der Waals surface area contributed by atoms with Crippen molar-refractivity contribution in [3.8, 4) is 5.75 Å². The van der Waals surface area contributed by atoms with Gasteiger partial charge in [0.25, 0.3) is 5.91 Å². The summed E-state index contributed by atoms with van der Waals surface area (Å²) < 4.78 is 5.39. The number of aliphatic hydroxyl groups excluding tert-OH is 1. The van der Waals surface area contributed by atoms with E-state index in [0.29, 0.717) is 33.1 Å². The second-order valence-corrected chi connectivity index (χ2v) is 7.87. The Balaban J connectivity index is 2.05. The number of nitrogens with zero attached hydrogens (tertiary/aromatic N) is 2. The normalized spacial score (nSPS) is 15.7. The lowest BCUT2D eigenvalue weighted by molar-refractivity contribution is -0.113. The van der Waals surface area contributed by atoms with Crippen molar-refractivity contribution in [2.45, 2.75) is 6.92 Å². The van der Waals surface area contributed by atoms with Crippen LogP contribution in [-0.2, 0) is 4.79 Å². The Labute approximate surface area is 165 Å². The van der Waals surface area contributed by atoms with Gasteiger partial charge in [-0.05, 0) is 48.2 Å². The Morgan fingerprint density at radius 2 is 2.23 bits per heavy atom. The molecule has 136 valence electrons. The molecule has 0 bridgehead atoms. The van der Waals surface area contributed by atoms with Crippen molar-refractivity contribution in [2.75, 3.05) is 24.4 Å². The van der Waals surface area contributed by atoms with Gasteiger partial charge in [-0.2, -0.15) is 0 Å². The first kappa shape index (κ1) is 19.0. The molecule has 1 aromatic heterocycles. The second-order valence-electron chi connectivity index (χ2n) is 5.42. The highest BCUT2D eigenvalue weighted by atomic mass is 35.5. The van der Waals surface area contributed by atoms with Crippen molar-refractivity contribution in [1.29, 1.82) is 0 Å². The van der Waals surface area contributed by atoms with Crippen molar-refractivity contribution in [3.63, 3.8) is 0 Å². The minimum atomic E-state index is -0.251. The maximum Gasteiger partial charge on any atom is 0.283 e. The van der Waals surface area contributed by atoms with Gasteiger partial charge < -0.3 is 9.84 Å². The Morgan fingerprint density at radius 1 is 1.42 bits per heavy atom. The van der Waals surface area contributed by atoms with Gasteiger partial charge in [0.2, 0.25) is 0 Å². The SMILES string of the molecule is COc1ccc(Cl)cc1N1C(=O)/C(=C\c2sccc2C)N=C1SCCO. The average molecular weight is 409 g/mol. The maximum atomic E-state index is 13.1. The first-order chi connectivity index (χ1) is 12.5. The molecule has 26 heavy (non-hydrogen) atoms. The number of anilines is 1. The van der Waals surface area contributed by atoms with E-state index in [1.54, 1.807) is 35.6 Å². The van der Waals surface area contributed by atoms with Gasteiger partial charge in [-0.25, -0.2) is 9.89 Å². The van der Waals surface area contributed by atoms with Crippen molar-refractivity contribution >= 4 is 57.5 Å². The summed E-state index contributed by atoms with van der Waals surface area (Å²) in [5.41, 5.74) is 1.97. The molecule has 0 aliphatic carbocycles. The summed E-state index contributed by atoms with van der Waals surface area (Å²) >= 11 is 8.99. The molecule has 0 spiro atoms. The molecule has 1 aliphatic heterocycles. The summed E-state index contributed by atoms with van der Waals surface area (Å²) in [4.78, 5) is 20.0. The lowest BCUT2D eigenvalue weighted by atomic mass is 10.2. The smallest absolute Gasteiger partial charge is 0.283 e. The zero-order chi connectivity index (χ0) is 18.7. The van der Waals surface area contributed by atoms with E-state index >= 15 is 0 Å². The highest BCUT2D eigenvalue weighted by Gasteiger charge is 2.34. The third kappa shape index (κ3) is 3.81. The van der Waals surface area contributed by atoms with E-state index < -0.39 is 0 Å². The van der Waals surface area contributed by atoms with Crippen LogP contribution in [0.1, 0.15) is 10.4 Å². The Bertz CT molecular complexity index is 892. The summed E-state index contributed by atoms with van der Waals surface area (Å²) in [6, 6.07) is 7.09. The monoisotopic (exact) mass is 408 g/mol. The molecule has 5 nitrogen and oxygen atoms in total. The first-order valence-electron chi connectivity index (χ1n) is 7.81. The van der Waals surface area contributed by atoms with Crippen molar-refractivity contribution in [2.24, 2.45) is 4.99 Å². The lowest BCUT2D eigenvalue weighted by Crippen LogP contribution is -2.31. The number of aliphatic hydroxyl groups is 1. The number of carbonyl (C=O) groups is 1. The summed E-state index contributed by atoms with van der Waals surface area (Å²) in [6.45, 7) is 1.98. The molecular formula is C18H17ClN2O3S2. The highest BCUT2D eigenvalue weighted by molar-refractivity contribution is 8.14. The van der Waals surface area contributed by atoms with E-state index in [1.807, 2.05) is 18.4 Å². The number of carbonyl (C=O) groups excluding carboxylic acids is 1. The fraction of sp³-hybridized carbons (Fsp3) is 0.222. The zero-order valence-electron chi connectivity index (χ0n) is 14.2. The third-order valence-corrected chi connectivity index (χ3v) is 5.82. The number of benzene rings is 1. The van der Waals surface area contributed by atoms with Crippen molar-refractivity contribution < 1.29 is 14.6 Å². The molecule has 1 aliphatic rings. The van der Waals surface area contributed by atoms with Crippen LogP contribution in [0.5, 0.6) is 5.75 Å². The van der Waals surface area contributed by atoms with Gasteiger partial charge in [0.1, 0.15) is 11.4 Å². The van der Waals surface area contributed by atoms with Crippen LogP contribution in [0.25, 0.3) is 6.08 Å². The number of hydrogen-bond donors (Lipinski definition) is 1. The molecular weight excluding hydrogens is 392 g/mol. The highest BCUT2D eigenvalue weighted by Crippen LogP contribution is 2.37. The number of thiophene rings is 1. The Kier molecular flexibility index (Phi) is 6.03. The topological polar surface area (TPSA) is 62.1 Å². The molecule has 0 unspecified atom stereocenters. The van der Waals surface area contributed by atoms with E-state index in [0.717, 1.165) is 10.4 Å². The van der Waals surface area contributed by atoms with Gasteiger partial charge in [-0.3, -0.25) is 4.79 Å². The van der Waals surface area contributed by atoms with E-state index in [9.17, 15) is 4.79 Å². The van der Waals surface area contributed by atoms with Gasteiger partial charge in [0.15, 0.2) is 5.17 Å². The molecule has 1 N–H and O–H groups in total. The summed E-state index contributed by atoms with van der Waals surface area (Å²) in [5.74, 6) is 0.698. The fourth-order valence-electron chi connectivity index (χ4n) is 2.44. The molecule has 0 saturated carbocycles. The minimum absolute atomic E-state index is 0.0124. The second kappa shape index (κ2) is 8.26. The number of rotatable bonds is 5. The van der Waals surface area contributed by atoms with E-state index in [4.69, 9.17) is 21.4 Å². The number of amidine groups is 1. The molecule has 3 rings (SSSR count). The molecule has 2 heterocycles. The molecule has 0 saturated heterocycles. The number of thioether (sulfide) groups is 1. The van der Waals surface area contributed by atoms with Crippen LogP contribution < -0.4 is 9.64 Å². The lowest BCUT2D eigenvalue weighted by Gasteiger charge is -2.20. The Morgan fingerprint density at radius 3 is 2.88 bits per heavy atom. The van der Waals surface area contributed by atoms with Crippen LogP contribution in [0.4, 0.5) is 5.69 Å². The minimum Gasteiger partial charge on any atom is -0.495 e. The standard InChI is InChI=1S/C18H17ClN2O3S2/c1-11-5-7-25-16(11)10-13-17(23)21(18(20-13)26-8-6-22)14-9-12(19)3-4-15(14)24-2/h3-5,7,9-10,22H,6,8H2,1-2H3/b13-10+. The number of amides is 1. The third-order valence-electron chi connectivity index (χ3n) is 3.70. The molecule has 1 amide bonds. The Hall–Kier alpha value is -1.80. The van der Waals surface area contributed by atoms with Crippen LogP contribution in [-0.4, -0.2) is 35.7 Å². The molecule has 0 radical (unpaired) electrons. The number of aliphatic imine (C=N–C) groups is 1. The van der Waals surface area contributed by atoms with E-state index in [-0.39, 0.29) is 12.5 Å². The number of aryl methyl sites for hydroxylation is 1.